The lowest BCUT2D eigenvalue weighted by molar-refractivity contribution is -0.120. The molecule has 0 saturated carbocycles. The number of nitrogens with one attached hydrogen (secondary N) is 1. The molecule has 0 aliphatic heterocycles. The third-order valence-corrected chi connectivity index (χ3v) is 6.71. The molecule has 4 rings (SSSR count). The van der Waals surface area contributed by atoms with Crippen molar-refractivity contribution in [1.82, 2.24) is 14.9 Å². The number of ether oxygens (including phenoxy) is 2. The SMILES string of the molecule is COc1ccc(CCNC(=O)[C@@H](C)Sc2nc3ccccc3n2Cc2ccccc2)cc1OC. The maximum atomic E-state index is 12.8. The number of carbonyl (C=O) groups excluding carboxylic acids is 1. The minimum atomic E-state index is -0.281. The van der Waals surface area contributed by atoms with Gasteiger partial charge in [0, 0.05) is 6.54 Å². The van der Waals surface area contributed by atoms with E-state index in [1.54, 1.807) is 14.2 Å². The minimum Gasteiger partial charge on any atom is -0.493 e. The van der Waals surface area contributed by atoms with E-state index in [2.05, 4.69) is 28.1 Å². The lowest BCUT2D eigenvalue weighted by Gasteiger charge is -2.14. The number of amides is 1. The van der Waals surface area contributed by atoms with Crippen LogP contribution in [0.1, 0.15) is 18.1 Å². The van der Waals surface area contributed by atoms with Gasteiger partial charge in [0.2, 0.25) is 5.91 Å². The van der Waals surface area contributed by atoms with Crippen LogP contribution in [-0.2, 0) is 17.8 Å². The van der Waals surface area contributed by atoms with Crippen molar-refractivity contribution in [3.8, 4) is 11.5 Å². The number of fused-ring (bicyclic) bond motifs is 1. The summed E-state index contributed by atoms with van der Waals surface area (Å²) in [5.74, 6) is 1.37. The van der Waals surface area contributed by atoms with Crippen molar-refractivity contribution >= 4 is 28.7 Å². The molecule has 0 radical (unpaired) electrons. The molecular formula is C27H29N3O3S. The molecule has 0 bridgehead atoms. The zero-order chi connectivity index (χ0) is 23.9. The summed E-state index contributed by atoms with van der Waals surface area (Å²) in [7, 11) is 3.23. The highest BCUT2D eigenvalue weighted by atomic mass is 32.2. The maximum absolute atomic E-state index is 12.8. The molecule has 4 aromatic rings. The lowest BCUT2D eigenvalue weighted by atomic mass is 10.1. The zero-order valence-electron chi connectivity index (χ0n) is 19.7. The highest BCUT2D eigenvalue weighted by Crippen LogP contribution is 2.29. The van der Waals surface area contributed by atoms with E-state index in [1.807, 2.05) is 61.5 Å². The van der Waals surface area contributed by atoms with Crippen LogP contribution in [0.3, 0.4) is 0 Å². The number of carbonyl (C=O) groups is 1. The first kappa shape index (κ1) is 23.7. The summed E-state index contributed by atoms with van der Waals surface area (Å²) in [6.07, 6.45) is 0.704. The first-order valence-electron chi connectivity index (χ1n) is 11.2. The summed E-state index contributed by atoms with van der Waals surface area (Å²) in [6.45, 7) is 3.17. The Balaban J connectivity index is 1.41. The number of aromatic nitrogens is 2. The third-order valence-electron chi connectivity index (χ3n) is 5.62. The number of hydrogen-bond acceptors (Lipinski definition) is 5. The van der Waals surface area contributed by atoms with Gasteiger partial charge >= 0.3 is 0 Å². The predicted molar refractivity (Wildman–Crippen MR) is 137 cm³/mol. The molecule has 1 amide bonds. The van der Waals surface area contributed by atoms with Gasteiger partial charge in [-0.25, -0.2) is 4.98 Å². The van der Waals surface area contributed by atoms with E-state index in [0.29, 0.717) is 31.0 Å². The molecule has 1 N–H and O–H groups in total. The molecule has 6 nitrogen and oxygen atoms in total. The minimum absolute atomic E-state index is 0.0104. The molecule has 1 atom stereocenters. The molecule has 1 aromatic heterocycles. The van der Waals surface area contributed by atoms with Crippen LogP contribution in [0.5, 0.6) is 11.5 Å². The average molecular weight is 476 g/mol. The highest BCUT2D eigenvalue weighted by molar-refractivity contribution is 8.00. The standard InChI is InChI=1S/C27H29N3O3S/c1-19(26(31)28-16-15-20-13-14-24(32-2)25(17-20)33-3)34-27-29-22-11-7-8-12-23(22)30(27)18-21-9-5-4-6-10-21/h4-14,17,19H,15-16,18H2,1-3H3,(H,28,31)/t19-/m1/s1. The molecule has 3 aromatic carbocycles. The highest BCUT2D eigenvalue weighted by Gasteiger charge is 2.19. The molecule has 34 heavy (non-hydrogen) atoms. The number of nitrogens with zero attached hydrogens (tertiary/aromatic N) is 2. The number of methoxy groups -OCH3 is 2. The second-order valence-electron chi connectivity index (χ2n) is 7.95. The van der Waals surface area contributed by atoms with Crippen molar-refractivity contribution in [2.75, 3.05) is 20.8 Å². The molecule has 0 fully saturated rings. The van der Waals surface area contributed by atoms with E-state index in [-0.39, 0.29) is 11.2 Å². The smallest absolute Gasteiger partial charge is 0.233 e. The van der Waals surface area contributed by atoms with E-state index < -0.39 is 0 Å². The van der Waals surface area contributed by atoms with Crippen molar-refractivity contribution in [1.29, 1.82) is 0 Å². The molecule has 0 aliphatic rings. The Morgan fingerprint density at radius 3 is 2.47 bits per heavy atom. The molecule has 176 valence electrons. The van der Waals surface area contributed by atoms with Crippen LogP contribution in [0.4, 0.5) is 0 Å². The van der Waals surface area contributed by atoms with Crippen LogP contribution in [0.25, 0.3) is 11.0 Å². The van der Waals surface area contributed by atoms with E-state index >= 15 is 0 Å². The molecule has 0 unspecified atom stereocenters. The largest absolute Gasteiger partial charge is 0.493 e. The fourth-order valence-electron chi connectivity index (χ4n) is 3.78. The number of rotatable bonds is 10. The van der Waals surface area contributed by atoms with Crippen LogP contribution in [0.15, 0.2) is 78.0 Å². The van der Waals surface area contributed by atoms with Crippen LogP contribution >= 0.6 is 11.8 Å². The van der Waals surface area contributed by atoms with Gasteiger partial charge in [0.05, 0.1) is 37.0 Å². The Bertz CT molecular complexity index is 1260. The fraction of sp³-hybridized carbons (Fsp3) is 0.259. The van der Waals surface area contributed by atoms with E-state index in [9.17, 15) is 4.79 Å². The molecular weight excluding hydrogens is 446 g/mol. The molecule has 0 aliphatic carbocycles. The Morgan fingerprint density at radius 1 is 0.971 bits per heavy atom. The Kier molecular flexibility index (Phi) is 7.75. The van der Waals surface area contributed by atoms with Gasteiger partial charge in [-0.1, -0.05) is 60.3 Å². The summed E-state index contributed by atoms with van der Waals surface area (Å²) in [5, 5.41) is 3.61. The normalized spacial score (nSPS) is 11.9. The first-order valence-corrected chi connectivity index (χ1v) is 12.1. The van der Waals surface area contributed by atoms with Gasteiger partial charge in [0.25, 0.3) is 0 Å². The number of para-hydroxylation sites is 2. The lowest BCUT2D eigenvalue weighted by Crippen LogP contribution is -2.32. The number of imidazole rings is 1. The van der Waals surface area contributed by atoms with Gasteiger partial charge in [-0.3, -0.25) is 4.79 Å². The second kappa shape index (κ2) is 11.1. The van der Waals surface area contributed by atoms with Gasteiger partial charge in [-0.15, -0.1) is 0 Å². The van der Waals surface area contributed by atoms with Crippen molar-refractivity contribution in [2.24, 2.45) is 0 Å². The molecule has 0 saturated heterocycles. The zero-order valence-corrected chi connectivity index (χ0v) is 20.5. The first-order chi connectivity index (χ1) is 16.6. The summed E-state index contributed by atoms with van der Waals surface area (Å²) < 4.78 is 12.8. The van der Waals surface area contributed by atoms with Crippen LogP contribution in [-0.4, -0.2) is 41.5 Å². The average Bonchev–Trinajstić information content (AvgIpc) is 3.21. The van der Waals surface area contributed by atoms with E-state index in [1.165, 1.54) is 17.3 Å². The summed E-state index contributed by atoms with van der Waals surface area (Å²) in [5.41, 5.74) is 4.26. The second-order valence-corrected chi connectivity index (χ2v) is 9.25. The molecule has 0 spiro atoms. The molecule has 1 heterocycles. The van der Waals surface area contributed by atoms with Gasteiger partial charge in [-0.2, -0.15) is 0 Å². The summed E-state index contributed by atoms with van der Waals surface area (Å²) >= 11 is 1.48. The Labute approximate surface area is 204 Å². The third kappa shape index (κ3) is 5.54. The molecule has 7 heteroatoms. The Hall–Kier alpha value is -3.45. The van der Waals surface area contributed by atoms with Crippen molar-refractivity contribution in [3.63, 3.8) is 0 Å². The van der Waals surface area contributed by atoms with Crippen molar-refractivity contribution in [3.05, 3.63) is 83.9 Å². The number of hydrogen-bond donors (Lipinski definition) is 1. The quantitative estimate of drug-likeness (QED) is 0.329. The number of benzene rings is 3. The van der Waals surface area contributed by atoms with Gasteiger partial charge in [0.1, 0.15) is 0 Å². The summed E-state index contributed by atoms with van der Waals surface area (Å²) in [4.78, 5) is 17.6. The summed E-state index contributed by atoms with van der Waals surface area (Å²) in [6, 6.07) is 24.2. The fourth-order valence-corrected chi connectivity index (χ4v) is 4.73. The van der Waals surface area contributed by atoms with Crippen LogP contribution in [0, 0.1) is 0 Å². The van der Waals surface area contributed by atoms with Crippen molar-refractivity contribution < 1.29 is 14.3 Å². The van der Waals surface area contributed by atoms with Gasteiger partial charge in [-0.05, 0) is 48.7 Å². The van der Waals surface area contributed by atoms with E-state index in [4.69, 9.17) is 14.5 Å². The predicted octanol–water partition coefficient (Wildman–Crippen LogP) is 4.94. The number of thioether (sulfide) groups is 1. The van der Waals surface area contributed by atoms with E-state index in [0.717, 1.165) is 21.8 Å². The van der Waals surface area contributed by atoms with Crippen molar-refractivity contribution in [2.45, 2.75) is 30.3 Å². The maximum Gasteiger partial charge on any atom is 0.233 e. The van der Waals surface area contributed by atoms with Gasteiger partial charge < -0.3 is 19.4 Å². The topological polar surface area (TPSA) is 65.4 Å². The van der Waals surface area contributed by atoms with Crippen LogP contribution < -0.4 is 14.8 Å². The van der Waals surface area contributed by atoms with Gasteiger partial charge in [0.15, 0.2) is 16.7 Å². The monoisotopic (exact) mass is 475 g/mol. The Morgan fingerprint density at radius 2 is 1.71 bits per heavy atom. The van der Waals surface area contributed by atoms with Crippen LogP contribution in [0.2, 0.25) is 0 Å².